The third-order valence-corrected chi connectivity index (χ3v) is 3.32. The van der Waals surface area contributed by atoms with Crippen molar-refractivity contribution in [3.8, 4) is 0 Å². The standard InChI is InChI=1S/C10H17NO3/c1-10(7-12)3-4-11(6-10)8-2-5-14-9(8)13/h8,12H,2-7H2,1H3. The lowest BCUT2D eigenvalue weighted by Crippen LogP contribution is -2.38. The van der Waals surface area contributed by atoms with E-state index in [0.717, 1.165) is 25.9 Å². The number of aliphatic hydroxyl groups excluding tert-OH is 1. The molecular formula is C10H17NO3. The first-order chi connectivity index (χ1) is 6.64. The summed E-state index contributed by atoms with van der Waals surface area (Å²) in [5.74, 6) is -0.0906. The molecule has 0 aromatic heterocycles. The Hall–Kier alpha value is -0.610. The van der Waals surface area contributed by atoms with Crippen molar-refractivity contribution in [1.82, 2.24) is 4.90 Å². The van der Waals surface area contributed by atoms with Gasteiger partial charge in [0.2, 0.25) is 0 Å². The predicted molar refractivity (Wildman–Crippen MR) is 50.7 cm³/mol. The summed E-state index contributed by atoms with van der Waals surface area (Å²) in [7, 11) is 0. The first-order valence-electron chi connectivity index (χ1n) is 5.16. The van der Waals surface area contributed by atoms with Crippen LogP contribution < -0.4 is 0 Å². The van der Waals surface area contributed by atoms with Gasteiger partial charge in [-0.15, -0.1) is 0 Å². The van der Waals surface area contributed by atoms with Crippen molar-refractivity contribution in [2.75, 3.05) is 26.3 Å². The molecule has 2 unspecified atom stereocenters. The van der Waals surface area contributed by atoms with Crippen molar-refractivity contribution in [1.29, 1.82) is 0 Å². The number of aliphatic hydroxyl groups is 1. The van der Waals surface area contributed by atoms with Gasteiger partial charge >= 0.3 is 5.97 Å². The van der Waals surface area contributed by atoms with E-state index in [1.165, 1.54) is 0 Å². The van der Waals surface area contributed by atoms with Crippen LogP contribution in [0, 0.1) is 5.41 Å². The number of cyclic esters (lactones) is 1. The molecule has 2 atom stereocenters. The molecule has 0 aromatic carbocycles. The monoisotopic (exact) mass is 199 g/mol. The van der Waals surface area contributed by atoms with Crippen LogP contribution in [0.25, 0.3) is 0 Å². The van der Waals surface area contributed by atoms with Gasteiger partial charge in [-0.3, -0.25) is 9.69 Å². The van der Waals surface area contributed by atoms with E-state index < -0.39 is 0 Å². The van der Waals surface area contributed by atoms with Crippen molar-refractivity contribution in [2.24, 2.45) is 5.41 Å². The molecule has 0 spiro atoms. The smallest absolute Gasteiger partial charge is 0.323 e. The molecule has 0 saturated carbocycles. The highest BCUT2D eigenvalue weighted by Gasteiger charge is 2.41. The maximum absolute atomic E-state index is 11.3. The fourth-order valence-electron chi connectivity index (χ4n) is 2.27. The Balaban J connectivity index is 1.98. The lowest BCUT2D eigenvalue weighted by Gasteiger charge is -2.24. The minimum absolute atomic E-state index is 0.0249. The van der Waals surface area contributed by atoms with Crippen molar-refractivity contribution in [2.45, 2.75) is 25.8 Å². The molecule has 0 bridgehead atoms. The molecule has 2 saturated heterocycles. The van der Waals surface area contributed by atoms with Gasteiger partial charge in [-0.25, -0.2) is 0 Å². The lowest BCUT2D eigenvalue weighted by atomic mass is 9.91. The van der Waals surface area contributed by atoms with Gasteiger partial charge in [-0.2, -0.15) is 0 Å². The Labute approximate surface area is 83.8 Å². The van der Waals surface area contributed by atoms with Crippen LogP contribution in [-0.2, 0) is 9.53 Å². The molecule has 80 valence electrons. The number of carbonyl (C=O) groups excluding carboxylic acids is 1. The van der Waals surface area contributed by atoms with Crippen molar-refractivity contribution >= 4 is 5.97 Å². The number of hydrogen-bond acceptors (Lipinski definition) is 4. The van der Waals surface area contributed by atoms with Gasteiger partial charge in [0.15, 0.2) is 0 Å². The van der Waals surface area contributed by atoms with Gasteiger partial charge in [0.1, 0.15) is 6.04 Å². The molecule has 2 aliphatic rings. The summed E-state index contributed by atoms with van der Waals surface area (Å²) >= 11 is 0. The van der Waals surface area contributed by atoms with Crippen molar-refractivity contribution < 1.29 is 14.6 Å². The fourth-order valence-corrected chi connectivity index (χ4v) is 2.27. The molecule has 2 rings (SSSR count). The zero-order chi connectivity index (χ0) is 10.2. The molecular weight excluding hydrogens is 182 g/mol. The number of likely N-dealkylation sites (tertiary alicyclic amines) is 1. The van der Waals surface area contributed by atoms with E-state index in [1.807, 2.05) is 0 Å². The lowest BCUT2D eigenvalue weighted by molar-refractivity contribution is -0.142. The molecule has 2 heterocycles. The van der Waals surface area contributed by atoms with E-state index in [1.54, 1.807) is 0 Å². The topological polar surface area (TPSA) is 49.8 Å². The summed E-state index contributed by atoms with van der Waals surface area (Å²) in [4.78, 5) is 13.5. The van der Waals surface area contributed by atoms with Crippen LogP contribution in [0.5, 0.6) is 0 Å². The Morgan fingerprint density at radius 3 is 3.00 bits per heavy atom. The van der Waals surface area contributed by atoms with Gasteiger partial charge < -0.3 is 9.84 Å². The number of ether oxygens (including phenoxy) is 1. The maximum Gasteiger partial charge on any atom is 0.323 e. The van der Waals surface area contributed by atoms with Crippen molar-refractivity contribution in [3.63, 3.8) is 0 Å². The second-order valence-corrected chi connectivity index (χ2v) is 4.66. The third-order valence-electron chi connectivity index (χ3n) is 3.32. The summed E-state index contributed by atoms with van der Waals surface area (Å²) < 4.78 is 4.94. The molecule has 0 amide bonds. The molecule has 14 heavy (non-hydrogen) atoms. The quantitative estimate of drug-likeness (QED) is 0.636. The highest BCUT2D eigenvalue weighted by molar-refractivity contribution is 5.77. The van der Waals surface area contributed by atoms with E-state index in [2.05, 4.69) is 11.8 Å². The van der Waals surface area contributed by atoms with Crippen LogP contribution in [0.1, 0.15) is 19.8 Å². The zero-order valence-electron chi connectivity index (χ0n) is 8.53. The van der Waals surface area contributed by atoms with E-state index in [-0.39, 0.29) is 24.0 Å². The first-order valence-corrected chi connectivity index (χ1v) is 5.16. The second kappa shape index (κ2) is 3.51. The first kappa shape index (κ1) is 9.93. The number of rotatable bonds is 2. The van der Waals surface area contributed by atoms with Crippen LogP contribution in [0.2, 0.25) is 0 Å². The summed E-state index contributed by atoms with van der Waals surface area (Å²) in [6.07, 6.45) is 1.77. The van der Waals surface area contributed by atoms with E-state index in [9.17, 15) is 9.90 Å². The highest BCUT2D eigenvalue weighted by Crippen LogP contribution is 2.32. The van der Waals surface area contributed by atoms with E-state index >= 15 is 0 Å². The van der Waals surface area contributed by atoms with Crippen LogP contribution >= 0.6 is 0 Å². The summed E-state index contributed by atoms with van der Waals surface area (Å²) in [5.41, 5.74) is -0.0249. The van der Waals surface area contributed by atoms with Crippen molar-refractivity contribution in [3.05, 3.63) is 0 Å². The van der Waals surface area contributed by atoms with Crippen LogP contribution in [0.4, 0.5) is 0 Å². The molecule has 4 nitrogen and oxygen atoms in total. The number of nitrogens with zero attached hydrogens (tertiary/aromatic N) is 1. The Morgan fingerprint density at radius 2 is 2.50 bits per heavy atom. The largest absolute Gasteiger partial charge is 0.464 e. The Kier molecular flexibility index (Phi) is 2.49. The molecule has 4 heteroatoms. The van der Waals surface area contributed by atoms with Gasteiger partial charge in [0, 0.05) is 25.0 Å². The number of esters is 1. The van der Waals surface area contributed by atoms with E-state index in [0.29, 0.717) is 6.61 Å². The molecule has 2 fully saturated rings. The number of carbonyl (C=O) groups is 1. The summed E-state index contributed by atoms with van der Waals surface area (Å²) in [6.45, 7) is 4.52. The molecule has 0 radical (unpaired) electrons. The minimum Gasteiger partial charge on any atom is -0.464 e. The molecule has 0 aromatic rings. The predicted octanol–water partition coefficient (Wildman–Crippen LogP) is 0.00620. The Bertz CT molecular complexity index is 244. The van der Waals surface area contributed by atoms with Gasteiger partial charge in [0.25, 0.3) is 0 Å². The second-order valence-electron chi connectivity index (χ2n) is 4.66. The summed E-state index contributed by atoms with van der Waals surface area (Å²) in [6, 6.07) is -0.0524. The SMILES string of the molecule is CC1(CO)CCN(C2CCOC2=O)C1. The van der Waals surface area contributed by atoms with Gasteiger partial charge in [0.05, 0.1) is 6.61 Å². The molecule has 1 N–H and O–H groups in total. The van der Waals surface area contributed by atoms with Crippen LogP contribution in [0.15, 0.2) is 0 Å². The van der Waals surface area contributed by atoms with Crippen LogP contribution in [-0.4, -0.2) is 48.3 Å². The van der Waals surface area contributed by atoms with Crippen LogP contribution in [0.3, 0.4) is 0 Å². The molecule has 2 aliphatic heterocycles. The average Bonchev–Trinajstić information content (AvgIpc) is 2.73. The average molecular weight is 199 g/mol. The summed E-state index contributed by atoms with van der Waals surface area (Å²) in [5, 5.41) is 9.21. The fraction of sp³-hybridized carbons (Fsp3) is 0.900. The maximum atomic E-state index is 11.3. The Morgan fingerprint density at radius 1 is 1.71 bits per heavy atom. The zero-order valence-corrected chi connectivity index (χ0v) is 8.53. The number of hydrogen-bond donors (Lipinski definition) is 1. The van der Waals surface area contributed by atoms with Gasteiger partial charge in [-0.1, -0.05) is 6.92 Å². The molecule has 0 aliphatic carbocycles. The van der Waals surface area contributed by atoms with E-state index in [4.69, 9.17) is 4.74 Å². The van der Waals surface area contributed by atoms with Gasteiger partial charge in [-0.05, 0) is 13.0 Å². The normalized spacial score (nSPS) is 39.0. The highest BCUT2D eigenvalue weighted by atomic mass is 16.5. The third kappa shape index (κ3) is 1.64. The minimum atomic E-state index is -0.0906.